The summed E-state index contributed by atoms with van der Waals surface area (Å²) in [6.45, 7) is 11.5. The topological polar surface area (TPSA) is 38.8 Å². The van der Waals surface area contributed by atoms with Crippen molar-refractivity contribution in [3.8, 4) is 0 Å². The number of amides is 1. The molecule has 136 valence electrons. The van der Waals surface area contributed by atoms with Gasteiger partial charge in [0.2, 0.25) is 5.91 Å². The minimum absolute atomic E-state index is 0.0694. The highest BCUT2D eigenvalue weighted by Crippen LogP contribution is 2.26. The lowest BCUT2D eigenvalue weighted by Crippen LogP contribution is -2.65. The van der Waals surface area contributed by atoms with E-state index in [1.807, 2.05) is 0 Å². The van der Waals surface area contributed by atoms with Crippen molar-refractivity contribution in [2.45, 2.75) is 38.8 Å². The first kappa shape index (κ1) is 16.9. The molecule has 5 nitrogen and oxygen atoms in total. The predicted octanol–water partition coefficient (Wildman–Crippen LogP) is 1.39. The van der Waals surface area contributed by atoms with Gasteiger partial charge in [-0.05, 0) is 49.9 Å². The first-order valence-corrected chi connectivity index (χ1v) is 9.69. The third-order valence-electron chi connectivity index (χ3n) is 6.08. The maximum absolute atomic E-state index is 12.2. The van der Waals surface area contributed by atoms with Crippen molar-refractivity contribution >= 4 is 11.6 Å². The van der Waals surface area contributed by atoms with E-state index in [0.717, 1.165) is 45.8 Å². The monoisotopic (exact) mass is 342 g/mol. The summed E-state index contributed by atoms with van der Waals surface area (Å²) in [4.78, 5) is 19.6. The Balaban J connectivity index is 1.36. The highest BCUT2D eigenvalue weighted by molar-refractivity contribution is 5.82. The zero-order chi connectivity index (χ0) is 17.4. The molecular formula is C20H30N4O. The molecule has 0 bridgehead atoms. The number of hydrogen-bond donors (Lipinski definition) is 1. The fraction of sp³-hybridized carbons (Fsp3) is 0.650. The van der Waals surface area contributed by atoms with Crippen LogP contribution in [0, 0.1) is 13.8 Å². The Kier molecular flexibility index (Phi) is 4.69. The summed E-state index contributed by atoms with van der Waals surface area (Å²) >= 11 is 0. The number of rotatable bonds is 2. The van der Waals surface area contributed by atoms with E-state index in [1.54, 1.807) is 0 Å². The molecular weight excluding hydrogens is 312 g/mol. The molecule has 0 radical (unpaired) electrons. The van der Waals surface area contributed by atoms with Gasteiger partial charge in [0.15, 0.2) is 0 Å². The number of anilines is 1. The van der Waals surface area contributed by atoms with Crippen LogP contribution in [0.3, 0.4) is 0 Å². The van der Waals surface area contributed by atoms with Gasteiger partial charge in [0.25, 0.3) is 0 Å². The molecule has 1 aromatic carbocycles. The number of nitrogens with zero attached hydrogens (tertiary/aromatic N) is 3. The number of benzene rings is 1. The second kappa shape index (κ2) is 6.96. The van der Waals surface area contributed by atoms with E-state index >= 15 is 0 Å². The van der Waals surface area contributed by atoms with Crippen LogP contribution in [0.25, 0.3) is 0 Å². The Morgan fingerprint density at radius 1 is 0.920 bits per heavy atom. The maximum Gasteiger partial charge on any atom is 0.238 e. The summed E-state index contributed by atoms with van der Waals surface area (Å²) in [7, 11) is 0. The van der Waals surface area contributed by atoms with Crippen molar-refractivity contribution < 1.29 is 4.79 Å². The Hall–Kier alpha value is -1.59. The summed E-state index contributed by atoms with van der Waals surface area (Å²) in [5, 5.41) is 3.03. The largest absolute Gasteiger partial charge is 0.371 e. The highest BCUT2D eigenvalue weighted by atomic mass is 16.2. The number of hydrogen-bond acceptors (Lipinski definition) is 4. The lowest BCUT2D eigenvalue weighted by atomic mass is 9.98. The van der Waals surface area contributed by atoms with E-state index in [0.29, 0.717) is 6.04 Å². The number of piperazine rings is 2. The molecule has 0 aliphatic carbocycles. The van der Waals surface area contributed by atoms with Gasteiger partial charge in [-0.25, -0.2) is 0 Å². The van der Waals surface area contributed by atoms with Crippen LogP contribution < -0.4 is 10.2 Å². The van der Waals surface area contributed by atoms with Gasteiger partial charge in [-0.2, -0.15) is 0 Å². The van der Waals surface area contributed by atoms with Crippen LogP contribution >= 0.6 is 0 Å². The molecule has 3 aliphatic rings. The molecule has 1 N–H and O–H groups in total. The molecule has 0 unspecified atom stereocenters. The quantitative estimate of drug-likeness (QED) is 0.882. The Morgan fingerprint density at radius 2 is 1.60 bits per heavy atom. The van der Waals surface area contributed by atoms with Gasteiger partial charge in [-0.15, -0.1) is 0 Å². The van der Waals surface area contributed by atoms with Crippen LogP contribution in [-0.4, -0.2) is 73.6 Å². The van der Waals surface area contributed by atoms with Crippen molar-refractivity contribution in [3.63, 3.8) is 0 Å². The van der Waals surface area contributed by atoms with Crippen molar-refractivity contribution in [2.75, 3.05) is 50.7 Å². The first-order chi connectivity index (χ1) is 12.1. The summed E-state index contributed by atoms with van der Waals surface area (Å²) in [6.07, 6.45) is 2.39. The standard InChI is InChI=1S/C20H30N4O/c1-15-11-16(2)13-18(12-15)22-6-3-17(4-7-22)24-10-9-23-8-5-21-20(25)19(23)14-24/h11-13,17,19H,3-10,14H2,1-2H3,(H,21,25)/t19-/m0/s1. The number of aryl methyl sites for hydroxylation is 2. The smallest absolute Gasteiger partial charge is 0.238 e. The van der Waals surface area contributed by atoms with Gasteiger partial charge >= 0.3 is 0 Å². The lowest BCUT2D eigenvalue weighted by Gasteiger charge is -2.47. The average Bonchev–Trinajstić information content (AvgIpc) is 2.61. The molecule has 3 saturated heterocycles. The van der Waals surface area contributed by atoms with Crippen LogP contribution in [0.15, 0.2) is 18.2 Å². The molecule has 25 heavy (non-hydrogen) atoms. The van der Waals surface area contributed by atoms with Gasteiger partial charge in [0.05, 0.1) is 0 Å². The third kappa shape index (κ3) is 3.53. The zero-order valence-corrected chi connectivity index (χ0v) is 15.5. The van der Waals surface area contributed by atoms with E-state index in [-0.39, 0.29) is 11.9 Å². The molecule has 3 heterocycles. The van der Waals surface area contributed by atoms with E-state index in [2.05, 4.69) is 52.1 Å². The van der Waals surface area contributed by atoms with Crippen LogP contribution in [-0.2, 0) is 4.79 Å². The van der Waals surface area contributed by atoms with Crippen molar-refractivity contribution in [2.24, 2.45) is 0 Å². The Labute approximate surface area is 151 Å². The van der Waals surface area contributed by atoms with E-state index in [9.17, 15) is 4.79 Å². The number of carbonyl (C=O) groups is 1. The SMILES string of the molecule is Cc1cc(C)cc(N2CCC(N3CCN4CCNC(=O)[C@@H]4C3)CC2)c1. The van der Waals surface area contributed by atoms with Gasteiger partial charge in [-0.1, -0.05) is 6.07 Å². The highest BCUT2D eigenvalue weighted by Gasteiger charge is 2.37. The maximum atomic E-state index is 12.2. The molecule has 0 saturated carbocycles. The number of nitrogens with one attached hydrogen (secondary N) is 1. The molecule has 3 aliphatic heterocycles. The number of carbonyl (C=O) groups excluding carboxylic acids is 1. The fourth-order valence-electron chi connectivity index (χ4n) is 4.75. The molecule has 5 heteroatoms. The van der Waals surface area contributed by atoms with Crippen LogP contribution in [0.2, 0.25) is 0 Å². The molecule has 0 aromatic heterocycles. The summed E-state index contributed by atoms with van der Waals surface area (Å²) in [5.74, 6) is 0.226. The minimum Gasteiger partial charge on any atom is -0.371 e. The second-order valence-electron chi connectivity index (χ2n) is 7.90. The van der Waals surface area contributed by atoms with Crippen LogP contribution in [0.4, 0.5) is 5.69 Å². The van der Waals surface area contributed by atoms with Gasteiger partial charge in [0, 0.05) is 57.5 Å². The molecule has 1 aromatic rings. The van der Waals surface area contributed by atoms with E-state index in [1.165, 1.54) is 29.7 Å². The second-order valence-corrected chi connectivity index (χ2v) is 7.90. The zero-order valence-electron chi connectivity index (χ0n) is 15.5. The fourth-order valence-corrected chi connectivity index (χ4v) is 4.75. The van der Waals surface area contributed by atoms with E-state index in [4.69, 9.17) is 0 Å². The van der Waals surface area contributed by atoms with Crippen molar-refractivity contribution in [1.29, 1.82) is 0 Å². The summed E-state index contributed by atoms with van der Waals surface area (Å²) in [5.41, 5.74) is 4.06. The number of fused-ring (bicyclic) bond motifs is 1. The van der Waals surface area contributed by atoms with Crippen LogP contribution in [0.1, 0.15) is 24.0 Å². The average molecular weight is 342 g/mol. The summed E-state index contributed by atoms with van der Waals surface area (Å²) in [6, 6.07) is 7.54. The molecule has 1 amide bonds. The minimum atomic E-state index is 0.0694. The van der Waals surface area contributed by atoms with E-state index < -0.39 is 0 Å². The Morgan fingerprint density at radius 3 is 2.32 bits per heavy atom. The first-order valence-electron chi connectivity index (χ1n) is 9.69. The third-order valence-corrected chi connectivity index (χ3v) is 6.08. The molecule has 3 fully saturated rings. The van der Waals surface area contributed by atoms with Gasteiger partial charge < -0.3 is 10.2 Å². The Bertz CT molecular complexity index is 618. The summed E-state index contributed by atoms with van der Waals surface area (Å²) < 4.78 is 0. The number of piperidine rings is 1. The molecule has 4 rings (SSSR count). The normalized spacial score (nSPS) is 26.4. The van der Waals surface area contributed by atoms with Gasteiger partial charge in [-0.3, -0.25) is 14.6 Å². The van der Waals surface area contributed by atoms with Crippen molar-refractivity contribution in [1.82, 2.24) is 15.1 Å². The van der Waals surface area contributed by atoms with Crippen molar-refractivity contribution in [3.05, 3.63) is 29.3 Å². The van der Waals surface area contributed by atoms with Crippen LogP contribution in [0.5, 0.6) is 0 Å². The van der Waals surface area contributed by atoms with Gasteiger partial charge in [0.1, 0.15) is 6.04 Å². The lowest BCUT2D eigenvalue weighted by molar-refractivity contribution is -0.132. The predicted molar refractivity (Wildman–Crippen MR) is 101 cm³/mol. The molecule has 1 atom stereocenters. The molecule has 0 spiro atoms.